The first kappa shape index (κ1) is 17.0. The number of nitrogens with one attached hydrogen (secondary N) is 1. The highest BCUT2D eigenvalue weighted by Crippen LogP contribution is 2.30. The van der Waals surface area contributed by atoms with Crippen LogP contribution in [-0.4, -0.2) is 41.9 Å². The molecule has 1 aromatic heterocycles. The summed E-state index contributed by atoms with van der Waals surface area (Å²) in [5.74, 6) is 0.874. The van der Waals surface area contributed by atoms with E-state index >= 15 is 0 Å². The van der Waals surface area contributed by atoms with E-state index in [2.05, 4.69) is 10.3 Å². The fourth-order valence-corrected chi connectivity index (χ4v) is 5.39. The van der Waals surface area contributed by atoms with Gasteiger partial charge in [0.25, 0.3) is 10.0 Å². The van der Waals surface area contributed by atoms with Crippen LogP contribution < -0.4 is 5.32 Å². The van der Waals surface area contributed by atoms with E-state index in [9.17, 15) is 8.42 Å². The number of nitrogens with zero attached hydrogens (tertiary/aromatic N) is 3. The number of aryl methyl sites for hydroxylation is 2. The number of hydrogen-bond donors (Lipinski definition) is 1. The number of rotatable bonds is 3. The summed E-state index contributed by atoms with van der Waals surface area (Å²) in [6.45, 7) is 2.45. The zero-order valence-corrected chi connectivity index (χ0v) is 15.4. The molecule has 1 N–H and O–H groups in total. The highest BCUT2D eigenvalue weighted by atomic mass is 35.5. The number of aromatic nitrogens is 2. The molecular weight excluding hydrogens is 360 g/mol. The summed E-state index contributed by atoms with van der Waals surface area (Å²) < 4.78 is 30.1. The van der Waals surface area contributed by atoms with Crippen LogP contribution >= 0.6 is 11.6 Å². The maximum absolute atomic E-state index is 13.3. The molecule has 0 aliphatic carbocycles. The Morgan fingerprint density at radius 1 is 1.24 bits per heavy atom. The molecule has 0 amide bonds. The predicted octanol–water partition coefficient (Wildman–Crippen LogP) is 2.21. The topological polar surface area (TPSA) is 67.2 Å². The first-order valence-corrected chi connectivity index (χ1v) is 10.4. The van der Waals surface area contributed by atoms with E-state index in [1.165, 1.54) is 0 Å². The summed E-state index contributed by atoms with van der Waals surface area (Å²) in [5.41, 5.74) is 0.896. The van der Waals surface area contributed by atoms with Crippen LogP contribution in [0.2, 0.25) is 5.02 Å². The summed E-state index contributed by atoms with van der Waals surface area (Å²) >= 11 is 6.11. The lowest BCUT2D eigenvalue weighted by Crippen LogP contribution is -2.48. The van der Waals surface area contributed by atoms with Gasteiger partial charge in [-0.3, -0.25) is 0 Å². The second-order valence-corrected chi connectivity index (χ2v) is 8.81. The molecule has 1 saturated heterocycles. The maximum Gasteiger partial charge on any atom is 0.262 e. The van der Waals surface area contributed by atoms with Crippen molar-refractivity contribution in [2.24, 2.45) is 0 Å². The van der Waals surface area contributed by atoms with E-state index < -0.39 is 10.0 Å². The average molecular weight is 381 g/mol. The number of piperazine rings is 1. The van der Waals surface area contributed by atoms with Gasteiger partial charge in [-0.25, -0.2) is 13.4 Å². The second kappa shape index (κ2) is 6.72. The molecule has 3 heterocycles. The average Bonchev–Trinajstić information content (AvgIpc) is 3.07. The molecule has 2 aliphatic heterocycles. The normalized spacial score (nSPS) is 21.9. The molecule has 1 unspecified atom stereocenters. The van der Waals surface area contributed by atoms with Gasteiger partial charge in [-0.15, -0.1) is 0 Å². The van der Waals surface area contributed by atoms with E-state index in [4.69, 9.17) is 11.6 Å². The fourth-order valence-electron chi connectivity index (χ4n) is 3.60. The molecule has 25 heavy (non-hydrogen) atoms. The van der Waals surface area contributed by atoms with Gasteiger partial charge in [0, 0.05) is 43.8 Å². The van der Waals surface area contributed by atoms with Gasteiger partial charge in [-0.1, -0.05) is 23.7 Å². The third kappa shape index (κ3) is 3.21. The molecule has 0 radical (unpaired) electrons. The number of sulfonamides is 1. The van der Waals surface area contributed by atoms with Crippen molar-refractivity contribution in [2.45, 2.75) is 36.9 Å². The van der Waals surface area contributed by atoms with Crippen molar-refractivity contribution in [3.05, 3.63) is 46.9 Å². The fraction of sp³-hybridized carbons (Fsp3) is 0.471. The van der Waals surface area contributed by atoms with Gasteiger partial charge in [-0.05, 0) is 30.5 Å². The number of halogens is 1. The number of fused-ring (bicyclic) bond motifs is 1. The van der Waals surface area contributed by atoms with Crippen LogP contribution in [-0.2, 0) is 23.0 Å². The molecule has 1 fully saturated rings. The van der Waals surface area contributed by atoms with Gasteiger partial charge in [-0.2, -0.15) is 4.31 Å². The number of hydrogen-bond acceptors (Lipinski definition) is 4. The molecule has 0 bridgehead atoms. The van der Waals surface area contributed by atoms with Crippen LogP contribution in [0.4, 0.5) is 0 Å². The van der Waals surface area contributed by atoms with Crippen molar-refractivity contribution in [1.82, 2.24) is 19.2 Å². The van der Waals surface area contributed by atoms with E-state index in [0.717, 1.165) is 37.2 Å². The van der Waals surface area contributed by atoms with Crippen molar-refractivity contribution in [1.29, 1.82) is 0 Å². The molecule has 134 valence electrons. The number of imidazole rings is 1. The summed E-state index contributed by atoms with van der Waals surface area (Å²) in [6, 6.07) is 7.12. The Morgan fingerprint density at radius 2 is 2.12 bits per heavy atom. The summed E-state index contributed by atoms with van der Waals surface area (Å²) in [7, 11) is -3.65. The molecule has 0 spiro atoms. The Morgan fingerprint density at radius 3 is 2.92 bits per heavy atom. The monoisotopic (exact) mass is 380 g/mol. The van der Waals surface area contributed by atoms with Gasteiger partial charge in [0.15, 0.2) is 5.03 Å². The lowest BCUT2D eigenvalue weighted by Gasteiger charge is -2.35. The van der Waals surface area contributed by atoms with Gasteiger partial charge in [0.2, 0.25) is 0 Å². The molecular formula is C17H21ClN4O2S. The van der Waals surface area contributed by atoms with Crippen LogP contribution in [0.25, 0.3) is 0 Å². The maximum atomic E-state index is 13.3. The third-order valence-electron chi connectivity index (χ3n) is 4.89. The van der Waals surface area contributed by atoms with Crippen LogP contribution in [0.5, 0.6) is 0 Å². The second-order valence-electron chi connectivity index (χ2n) is 6.54. The van der Waals surface area contributed by atoms with E-state index in [1.54, 1.807) is 16.6 Å². The molecule has 6 nitrogen and oxygen atoms in total. The minimum atomic E-state index is -3.65. The SMILES string of the molecule is O=S(=O)(c1cn2c(n1)CCCC2)N1CCNCC1c1cccc(Cl)c1. The van der Waals surface area contributed by atoms with Crippen LogP contribution in [0.15, 0.2) is 35.5 Å². The molecule has 1 aromatic carbocycles. The van der Waals surface area contributed by atoms with Crippen LogP contribution in [0.1, 0.15) is 30.3 Å². The van der Waals surface area contributed by atoms with Crippen molar-refractivity contribution >= 4 is 21.6 Å². The Kier molecular flexibility index (Phi) is 4.58. The Balaban J connectivity index is 1.70. The Bertz CT molecular complexity index is 857. The van der Waals surface area contributed by atoms with Gasteiger partial charge in [0.05, 0.1) is 6.04 Å². The zero-order valence-electron chi connectivity index (χ0n) is 13.9. The van der Waals surface area contributed by atoms with Crippen LogP contribution in [0.3, 0.4) is 0 Å². The lowest BCUT2D eigenvalue weighted by atomic mass is 10.1. The van der Waals surface area contributed by atoms with Crippen molar-refractivity contribution in [2.75, 3.05) is 19.6 Å². The molecule has 4 rings (SSSR count). The van der Waals surface area contributed by atoms with Gasteiger partial charge >= 0.3 is 0 Å². The van der Waals surface area contributed by atoms with Crippen LogP contribution in [0, 0.1) is 0 Å². The minimum Gasteiger partial charge on any atom is -0.333 e. The number of benzene rings is 1. The van der Waals surface area contributed by atoms with Crippen molar-refractivity contribution in [3.63, 3.8) is 0 Å². The third-order valence-corrected chi connectivity index (χ3v) is 6.90. The molecule has 2 aromatic rings. The van der Waals surface area contributed by atoms with Gasteiger partial charge < -0.3 is 9.88 Å². The molecule has 8 heteroatoms. The summed E-state index contributed by atoms with van der Waals surface area (Å²) in [4.78, 5) is 4.43. The summed E-state index contributed by atoms with van der Waals surface area (Å²) in [5, 5.41) is 4.05. The highest BCUT2D eigenvalue weighted by Gasteiger charge is 2.36. The molecule has 0 saturated carbocycles. The highest BCUT2D eigenvalue weighted by molar-refractivity contribution is 7.89. The predicted molar refractivity (Wildman–Crippen MR) is 96.1 cm³/mol. The van der Waals surface area contributed by atoms with E-state index in [0.29, 0.717) is 24.7 Å². The molecule has 1 atom stereocenters. The molecule has 2 aliphatic rings. The smallest absolute Gasteiger partial charge is 0.262 e. The Hall–Kier alpha value is -1.41. The lowest BCUT2D eigenvalue weighted by molar-refractivity contribution is 0.271. The largest absolute Gasteiger partial charge is 0.333 e. The quantitative estimate of drug-likeness (QED) is 0.886. The standard InChI is InChI=1S/C17H21ClN4O2S/c18-14-5-3-4-13(10-14)15-11-19-7-9-22(15)25(23,24)17-12-21-8-2-1-6-16(21)20-17/h3-5,10,12,15,19H,1-2,6-9,11H2. The summed E-state index contributed by atoms with van der Waals surface area (Å²) in [6.07, 6.45) is 4.67. The Labute approximate surface area is 152 Å². The van der Waals surface area contributed by atoms with E-state index in [-0.39, 0.29) is 11.1 Å². The van der Waals surface area contributed by atoms with Crippen molar-refractivity contribution in [3.8, 4) is 0 Å². The zero-order chi connectivity index (χ0) is 17.4. The van der Waals surface area contributed by atoms with E-state index in [1.807, 2.05) is 22.8 Å². The first-order valence-electron chi connectivity index (χ1n) is 8.60. The first-order chi connectivity index (χ1) is 12.1. The van der Waals surface area contributed by atoms with Crippen molar-refractivity contribution < 1.29 is 8.42 Å². The van der Waals surface area contributed by atoms with Gasteiger partial charge in [0.1, 0.15) is 5.82 Å². The minimum absolute atomic E-state index is 0.165.